The lowest BCUT2D eigenvalue weighted by atomic mass is 9.97. The van der Waals surface area contributed by atoms with Gasteiger partial charge in [0.1, 0.15) is 5.54 Å². The summed E-state index contributed by atoms with van der Waals surface area (Å²) >= 11 is 0. The molecule has 2 saturated carbocycles. The molecule has 1 heterocycles. The third-order valence-corrected chi connectivity index (χ3v) is 5.33. The second-order valence-corrected chi connectivity index (χ2v) is 6.34. The van der Waals surface area contributed by atoms with Crippen molar-refractivity contribution in [2.75, 3.05) is 13.1 Å². The fourth-order valence-electron chi connectivity index (χ4n) is 4.48. The number of aliphatic carboxylic acids is 1. The number of rotatable bonds is 4. The molecular weight excluding hydrogens is 228 g/mol. The van der Waals surface area contributed by atoms with Crippen LogP contribution in [0.5, 0.6) is 0 Å². The summed E-state index contributed by atoms with van der Waals surface area (Å²) in [5.41, 5.74) is -0.652. The highest BCUT2D eigenvalue weighted by Crippen LogP contribution is 2.43. The summed E-state index contributed by atoms with van der Waals surface area (Å²) in [6.45, 7) is 3.96. The maximum absolute atomic E-state index is 11.6. The minimum Gasteiger partial charge on any atom is -0.480 e. The SMILES string of the molecule is CCNC1(C(=O)O)CCC(N2CC3CCC2C3)C1. The molecule has 0 radical (unpaired) electrons. The van der Waals surface area contributed by atoms with Crippen LogP contribution in [0.1, 0.15) is 45.4 Å². The zero-order valence-electron chi connectivity index (χ0n) is 11.2. The number of hydrogen-bond acceptors (Lipinski definition) is 3. The predicted octanol–water partition coefficient (Wildman–Crippen LogP) is 1.46. The monoisotopic (exact) mass is 252 g/mol. The van der Waals surface area contributed by atoms with E-state index in [0.717, 1.165) is 37.8 Å². The zero-order chi connectivity index (χ0) is 12.8. The molecule has 2 N–H and O–H groups in total. The van der Waals surface area contributed by atoms with Gasteiger partial charge in [0.2, 0.25) is 0 Å². The van der Waals surface area contributed by atoms with E-state index in [1.54, 1.807) is 0 Å². The lowest BCUT2D eigenvalue weighted by molar-refractivity contribution is -0.144. The third kappa shape index (κ3) is 1.86. The summed E-state index contributed by atoms with van der Waals surface area (Å²) in [4.78, 5) is 14.2. The number of likely N-dealkylation sites (N-methyl/N-ethyl adjacent to an activating group) is 1. The van der Waals surface area contributed by atoms with Gasteiger partial charge in [0, 0.05) is 18.6 Å². The highest BCUT2D eigenvalue weighted by molar-refractivity contribution is 5.79. The van der Waals surface area contributed by atoms with Crippen LogP contribution in [0.2, 0.25) is 0 Å². The number of carboxylic acid groups (broad SMARTS) is 1. The van der Waals surface area contributed by atoms with E-state index in [-0.39, 0.29) is 0 Å². The average molecular weight is 252 g/mol. The van der Waals surface area contributed by atoms with E-state index in [4.69, 9.17) is 0 Å². The third-order valence-electron chi connectivity index (χ3n) is 5.33. The van der Waals surface area contributed by atoms with Crippen LogP contribution in [0.25, 0.3) is 0 Å². The largest absolute Gasteiger partial charge is 0.480 e. The van der Waals surface area contributed by atoms with Crippen molar-refractivity contribution >= 4 is 5.97 Å². The van der Waals surface area contributed by atoms with Crippen LogP contribution in [-0.2, 0) is 4.79 Å². The highest BCUT2D eigenvalue weighted by Gasteiger charge is 2.50. The average Bonchev–Trinajstić information content (AvgIpc) is 3.03. The zero-order valence-corrected chi connectivity index (χ0v) is 11.2. The number of carboxylic acids is 1. The molecule has 0 aromatic rings. The molecule has 4 heteroatoms. The van der Waals surface area contributed by atoms with Crippen LogP contribution in [0.4, 0.5) is 0 Å². The molecule has 0 spiro atoms. The topological polar surface area (TPSA) is 52.6 Å². The molecule has 2 aliphatic carbocycles. The Morgan fingerprint density at radius 3 is 2.78 bits per heavy atom. The summed E-state index contributed by atoms with van der Waals surface area (Å²) in [6, 6.07) is 1.25. The van der Waals surface area contributed by atoms with Crippen LogP contribution in [0.3, 0.4) is 0 Å². The van der Waals surface area contributed by atoms with Gasteiger partial charge < -0.3 is 10.4 Å². The van der Waals surface area contributed by atoms with Gasteiger partial charge >= 0.3 is 5.97 Å². The molecule has 1 aliphatic heterocycles. The summed E-state index contributed by atoms with van der Waals surface area (Å²) in [7, 11) is 0. The van der Waals surface area contributed by atoms with E-state index < -0.39 is 11.5 Å². The van der Waals surface area contributed by atoms with Gasteiger partial charge in [-0.2, -0.15) is 0 Å². The minimum atomic E-state index is -0.656. The standard InChI is InChI=1S/C14H24N2O2/c1-2-15-14(13(17)18)6-5-12(8-14)16-9-10-3-4-11(16)7-10/h10-12,15H,2-9H2,1H3,(H,17,18). The van der Waals surface area contributed by atoms with Crippen molar-refractivity contribution in [2.24, 2.45) is 5.92 Å². The fourth-order valence-corrected chi connectivity index (χ4v) is 4.48. The molecule has 4 unspecified atom stereocenters. The number of hydrogen-bond donors (Lipinski definition) is 2. The quantitative estimate of drug-likeness (QED) is 0.795. The Kier molecular flexibility index (Phi) is 3.10. The number of likely N-dealkylation sites (tertiary alicyclic amines) is 1. The predicted molar refractivity (Wildman–Crippen MR) is 69.5 cm³/mol. The minimum absolute atomic E-state index is 0.496. The second-order valence-electron chi connectivity index (χ2n) is 6.34. The van der Waals surface area contributed by atoms with E-state index in [1.807, 2.05) is 6.92 Å². The Hall–Kier alpha value is -0.610. The van der Waals surface area contributed by atoms with Crippen LogP contribution < -0.4 is 5.32 Å². The van der Waals surface area contributed by atoms with Crippen molar-refractivity contribution in [3.63, 3.8) is 0 Å². The summed E-state index contributed by atoms with van der Waals surface area (Å²) in [5, 5.41) is 12.7. The van der Waals surface area contributed by atoms with Crippen molar-refractivity contribution in [3.8, 4) is 0 Å². The Balaban J connectivity index is 1.68. The molecule has 4 nitrogen and oxygen atoms in total. The van der Waals surface area contributed by atoms with E-state index in [0.29, 0.717) is 6.04 Å². The Morgan fingerprint density at radius 1 is 1.39 bits per heavy atom. The number of nitrogens with zero attached hydrogens (tertiary/aromatic N) is 1. The summed E-state index contributed by atoms with van der Waals surface area (Å²) in [6.07, 6.45) is 6.71. The van der Waals surface area contributed by atoms with Gasteiger partial charge in [0.15, 0.2) is 0 Å². The number of fused-ring (bicyclic) bond motifs is 2. The highest BCUT2D eigenvalue weighted by atomic mass is 16.4. The second kappa shape index (κ2) is 4.49. The van der Waals surface area contributed by atoms with Crippen molar-refractivity contribution in [1.29, 1.82) is 0 Å². The van der Waals surface area contributed by atoms with E-state index in [9.17, 15) is 9.90 Å². The van der Waals surface area contributed by atoms with Crippen LogP contribution in [0.15, 0.2) is 0 Å². The van der Waals surface area contributed by atoms with Crippen molar-refractivity contribution in [2.45, 2.75) is 63.1 Å². The van der Waals surface area contributed by atoms with Gasteiger partial charge in [-0.25, -0.2) is 0 Å². The molecular formula is C14H24N2O2. The fraction of sp³-hybridized carbons (Fsp3) is 0.929. The number of carbonyl (C=O) groups is 1. The first-order valence-corrected chi connectivity index (χ1v) is 7.39. The van der Waals surface area contributed by atoms with E-state index in [1.165, 1.54) is 25.8 Å². The van der Waals surface area contributed by atoms with Crippen molar-refractivity contribution in [1.82, 2.24) is 10.2 Å². The molecule has 3 rings (SSSR count). The molecule has 0 amide bonds. The van der Waals surface area contributed by atoms with Gasteiger partial charge in [0.05, 0.1) is 0 Å². The summed E-state index contributed by atoms with van der Waals surface area (Å²) in [5.74, 6) is 0.241. The van der Waals surface area contributed by atoms with Gasteiger partial charge in [-0.05, 0) is 51.0 Å². The van der Waals surface area contributed by atoms with Gasteiger partial charge in [-0.1, -0.05) is 6.92 Å². The first kappa shape index (κ1) is 12.4. The number of piperidine rings is 1. The van der Waals surface area contributed by atoms with Crippen LogP contribution in [0, 0.1) is 5.92 Å². The molecule has 1 saturated heterocycles. The van der Waals surface area contributed by atoms with Gasteiger partial charge in [-0.3, -0.25) is 9.69 Å². The molecule has 18 heavy (non-hydrogen) atoms. The molecule has 0 aromatic carbocycles. The molecule has 0 aromatic heterocycles. The molecule has 102 valence electrons. The maximum atomic E-state index is 11.6. The van der Waals surface area contributed by atoms with Crippen molar-refractivity contribution < 1.29 is 9.90 Å². The van der Waals surface area contributed by atoms with Gasteiger partial charge in [-0.15, -0.1) is 0 Å². The van der Waals surface area contributed by atoms with Crippen LogP contribution >= 0.6 is 0 Å². The normalized spacial score (nSPS) is 43.7. The lowest BCUT2D eigenvalue weighted by Gasteiger charge is -2.34. The first-order valence-electron chi connectivity index (χ1n) is 7.39. The summed E-state index contributed by atoms with van der Waals surface area (Å²) < 4.78 is 0. The molecule has 2 bridgehead atoms. The van der Waals surface area contributed by atoms with Crippen molar-refractivity contribution in [3.05, 3.63) is 0 Å². The van der Waals surface area contributed by atoms with Gasteiger partial charge in [0.25, 0.3) is 0 Å². The smallest absolute Gasteiger partial charge is 0.323 e. The maximum Gasteiger partial charge on any atom is 0.323 e. The first-order chi connectivity index (χ1) is 8.64. The van der Waals surface area contributed by atoms with E-state index >= 15 is 0 Å². The van der Waals surface area contributed by atoms with E-state index in [2.05, 4.69) is 10.2 Å². The molecule has 3 fully saturated rings. The van der Waals surface area contributed by atoms with Crippen LogP contribution in [-0.4, -0.2) is 46.7 Å². The molecule has 3 aliphatic rings. The number of nitrogens with one attached hydrogen (secondary N) is 1. The Labute approximate surface area is 109 Å². The Morgan fingerprint density at radius 2 is 2.22 bits per heavy atom. The lowest BCUT2D eigenvalue weighted by Crippen LogP contribution is -2.51. The Bertz CT molecular complexity index is 347. The molecule has 4 atom stereocenters.